The van der Waals surface area contributed by atoms with Gasteiger partial charge in [-0.15, -0.1) is 0 Å². The molecule has 3 aliphatic rings. The molecule has 2 aliphatic carbocycles. The molecule has 4 aromatic carbocycles. The van der Waals surface area contributed by atoms with Crippen LogP contribution in [-0.2, 0) is 32.7 Å². The summed E-state index contributed by atoms with van der Waals surface area (Å²) in [7, 11) is 0. The first-order chi connectivity index (χ1) is 17.3. The van der Waals surface area contributed by atoms with E-state index in [2.05, 4.69) is 79.2 Å². The molecule has 1 heterocycles. The molecular weight excluding hydrogens is 517 g/mol. The summed E-state index contributed by atoms with van der Waals surface area (Å²) < 4.78 is 13.6. The molecule has 2 fully saturated rings. The quantitative estimate of drug-likeness (QED) is 0.232. The molecule has 36 heavy (non-hydrogen) atoms. The van der Waals surface area contributed by atoms with Crippen molar-refractivity contribution in [1.82, 2.24) is 0 Å². The van der Waals surface area contributed by atoms with Gasteiger partial charge >= 0.3 is 0 Å². The van der Waals surface area contributed by atoms with Crippen molar-refractivity contribution in [1.29, 1.82) is 0 Å². The molecule has 0 amide bonds. The zero-order valence-electron chi connectivity index (χ0n) is 20.9. The van der Waals surface area contributed by atoms with Crippen LogP contribution in [0.3, 0.4) is 0 Å². The van der Waals surface area contributed by atoms with E-state index in [9.17, 15) is 0 Å². The molecule has 1 aliphatic heterocycles. The van der Waals surface area contributed by atoms with Crippen LogP contribution in [0.25, 0.3) is 32.7 Å². The van der Waals surface area contributed by atoms with Gasteiger partial charge in [0, 0.05) is 49.8 Å². The van der Waals surface area contributed by atoms with Crippen molar-refractivity contribution in [2.45, 2.75) is 57.7 Å². The van der Waals surface area contributed by atoms with E-state index in [1.807, 2.05) is 0 Å². The van der Waals surface area contributed by atoms with E-state index in [-0.39, 0.29) is 39.0 Å². The number of fused-ring (bicyclic) bond motifs is 7. The molecule has 181 valence electrons. The van der Waals surface area contributed by atoms with Gasteiger partial charge in [-0.3, -0.25) is 0 Å². The summed E-state index contributed by atoms with van der Waals surface area (Å²) in [6.07, 6.45) is 12.7. The van der Waals surface area contributed by atoms with Crippen LogP contribution in [0.1, 0.15) is 51.4 Å². The molecule has 0 aromatic heterocycles. The molecule has 2 nitrogen and oxygen atoms in total. The zero-order chi connectivity index (χ0) is 23.2. The molecule has 2 saturated carbocycles. The molecule has 0 spiro atoms. The van der Waals surface area contributed by atoms with Crippen LogP contribution in [0.15, 0.2) is 72.8 Å². The smallest absolute Gasteiger partial charge is 0.243 e. The summed E-state index contributed by atoms with van der Waals surface area (Å²) in [6.45, 7) is 0. The van der Waals surface area contributed by atoms with Gasteiger partial charge in [0.15, 0.2) is 0 Å². The van der Waals surface area contributed by atoms with E-state index >= 15 is 0 Å². The number of rotatable bonds is 2. The van der Waals surface area contributed by atoms with Crippen molar-refractivity contribution < 1.29 is 42.2 Å². The Bertz CT molecular complexity index is 1280. The van der Waals surface area contributed by atoms with Crippen molar-refractivity contribution in [2.24, 2.45) is 17.8 Å². The predicted molar refractivity (Wildman–Crippen MR) is 144 cm³/mol. The number of hydrogen-bond donors (Lipinski definition) is 0. The second-order valence-corrected chi connectivity index (χ2v) is 10.8. The van der Waals surface area contributed by atoms with Crippen LogP contribution in [0.5, 0.6) is 11.5 Å². The molecule has 1 radical (unpaired) electrons. The molecular formula is C33H33O2Y-. The Labute approximate surface area is 239 Å². The zero-order valence-corrected chi connectivity index (χ0v) is 23.7. The van der Waals surface area contributed by atoms with Crippen LogP contribution in [0, 0.1) is 24.2 Å². The summed E-state index contributed by atoms with van der Waals surface area (Å²) in [6, 6.07) is 26.0. The molecule has 0 saturated heterocycles. The topological polar surface area (TPSA) is 18.5 Å². The normalized spacial score (nSPS) is 22.6. The number of hydrogen-bond acceptors (Lipinski definition) is 2. The fraction of sp³-hybridized carbons (Fsp3) is 0.364. The second-order valence-electron chi connectivity index (χ2n) is 10.8. The maximum atomic E-state index is 6.79. The Morgan fingerprint density at radius 3 is 1.56 bits per heavy atom. The first-order valence-electron chi connectivity index (χ1n) is 13.5. The third kappa shape index (κ3) is 4.39. The summed E-state index contributed by atoms with van der Waals surface area (Å²) >= 11 is 0. The van der Waals surface area contributed by atoms with E-state index in [1.54, 1.807) is 0 Å². The molecule has 3 heteroatoms. The Balaban J connectivity index is 0.00000240. The van der Waals surface area contributed by atoms with Gasteiger partial charge in [-0.05, 0) is 71.2 Å². The largest absolute Gasteiger partial charge is 0.454 e. The predicted octanol–water partition coefficient (Wildman–Crippen LogP) is 8.96. The van der Waals surface area contributed by atoms with Gasteiger partial charge in [0.2, 0.25) is 6.29 Å². The van der Waals surface area contributed by atoms with E-state index in [0.29, 0.717) is 5.92 Å². The average Bonchev–Trinajstić information content (AvgIpc) is 3.11. The maximum absolute atomic E-state index is 6.79. The van der Waals surface area contributed by atoms with Crippen LogP contribution in [0.4, 0.5) is 0 Å². The third-order valence-corrected chi connectivity index (χ3v) is 8.87. The Hall–Kier alpha value is -1.90. The van der Waals surface area contributed by atoms with Crippen LogP contribution >= 0.6 is 0 Å². The van der Waals surface area contributed by atoms with Gasteiger partial charge in [0.1, 0.15) is 11.5 Å². The van der Waals surface area contributed by atoms with Gasteiger partial charge in [0.25, 0.3) is 0 Å². The summed E-state index contributed by atoms with van der Waals surface area (Å²) in [5.74, 6) is 4.15. The Kier molecular flexibility index (Phi) is 7.10. The van der Waals surface area contributed by atoms with Crippen LogP contribution in [-0.4, -0.2) is 6.29 Å². The third-order valence-electron chi connectivity index (χ3n) is 8.87. The van der Waals surface area contributed by atoms with E-state index in [4.69, 9.17) is 9.47 Å². The number of ether oxygens (including phenoxy) is 2. The van der Waals surface area contributed by atoms with E-state index < -0.39 is 0 Å². The van der Waals surface area contributed by atoms with Crippen LogP contribution < -0.4 is 9.47 Å². The molecule has 7 rings (SSSR count). The second kappa shape index (κ2) is 10.5. The molecule has 0 N–H and O–H groups in total. The monoisotopic (exact) mass is 550 g/mol. The minimum Gasteiger partial charge on any atom is -0.454 e. The van der Waals surface area contributed by atoms with Gasteiger partial charge in [-0.25, -0.2) is 0 Å². The van der Waals surface area contributed by atoms with Gasteiger partial charge < -0.3 is 15.9 Å². The van der Waals surface area contributed by atoms with Crippen molar-refractivity contribution >= 4 is 21.5 Å². The molecule has 0 atom stereocenters. The molecule has 0 unspecified atom stereocenters. The summed E-state index contributed by atoms with van der Waals surface area (Å²) in [5.41, 5.74) is 2.34. The van der Waals surface area contributed by atoms with Crippen LogP contribution in [0.2, 0.25) is 0 Å². The van der Waals surface area contributed by atoms with Crippen molar-refractivity contribution in [3.05, 3.63) is 79.2 Å². The van der Waals surface area contributed by atoms with Crippen molar-refractivity contribution in [3.8, 4) is 22.6 Å². The summed E-state index contributed by atoms with van der Waals surface area (Å²) in [5, 5.41) is 4.92. The summed E-state index contributed by atoms with van der Waals surface area (Å²) in [4.78, 5) is 0. The first-order valence-corrected chi connectivity index (χ1v) is 13.5. The van der Waals surface area contributed by atoms with Crippen molar-refractivity contribution in [3.63, 3.8) is 0 Å². The maximum Gasteiger partial charge on any atom is 0.243 e. The minimum atomic E-state index is -0.238. The molecule has 4 aromatic rings. The average molecular weight is 551 g/mol. The number of benzene rings is 4. The van der Waals surface area contributed by atoms with Gasteiger partial charge in [-0.2, -0.15) is 12.8 Å². The SMILES string of the molecule is [Y].c1ccc2c3c(ccc2c1)OC(C1CCC(C2CC[CH-]CC2)CC1)Oc1ccc2ccccc2c1-3. The first kappa shape index (κ1) is 24.4. The van der Waals surface area contributed by atoms with Crippen molar-refractivity contribution in [2.75, 3.05) is 0 Å². The van der Waals surface area contributed by atoms with E-state index in [1.165, 1.54) is 84.0 Å². The van der Waals surface area contributed by atoms with Gasteiger partial charge in [-0.1, -0.05) is 73.5 Å². The standard InChI is InChI=1S/C33H33O2.Y/c1-2-8-22(9-3-1)23-14-16-26(17-15-23)33-34-29-20-18-24-10-4-6-12-27(24)31(29)32-28-13-7-5-11-25(28)19-21-30(32)35-33;/h1,4-7,10-13,18-23,26,33H,2-3,8-9,14-17H2;/q-1;. The molecule has 0 bridgehead atoms. The Morgan fingerprint density at radius 1 is 0.528 bits per heavy atom. The fourth-order valence-electron chi connectivity index (χ4n) is 6.99. The minimum absolute atomic E-state index is 0. The fourth-order valence-corrected chi connectivity index (χ4v) is 6.99. The Morgan fingerprint density at radius 2 is 1.00 bits per heavy atom. The van der Waals surface area contributed by atoms with E-state index in [0.717, 1.165) is 23.3 Å². The van der Waals surface area contributed by atoms with Gasteiger partial charge in [0.05, 0.1) is 0 Å².